The standard InChI is InChI=1S/C22H25N3O4/c1-28-18-7-5-17(6-8-18)25-15-16(14-21(25)26)22(27)24-12-9-19(10-13-24)29-20-4-2-3-11-23-20/h2-8,11,16,19H,9-10,12-15H2,1H3/t16-/m0/s1. The number of ether oxygens (including phenoxy) is 2. The Bertz CT molecular complexity index is 848. The molecular formula is C22H25N3O4. The predicted molar refractivity (Wildman–Crippen MR) is 108 cm³/mol. The molecule has 2 aliphatic heterocycles. The average molecular weight is 395 g/mol. The van der Waals surface area contributed by atoms with Gasteiger partial charge in [0, 0.05) is 56.8 Å². The Kier molecular flexibility index (Phi) is 5.64. The van der Waals surface area contributed by atoms with Gasteiger partial charge in [-0.3, -0.25) is 9.59 Å². The number of carbonyl (C=O) groups excluding carboxylic acids is 2. The Morgan fingerprint density at radius 3 is 2.52 bits per heavy atom. The van der Waals surface area contributed by atoms with Crippen molar-refractivity contribution in [3.8, 4) is 11.6 Å². The van der Waals surface area contributed by atoms with Crippen LogP contribution < -0.4 is 14.4 Å². The maximum absolute atomic E-state index is 13.0. The predicted octanol–water partition coefficient (Wildman–Crippen LogP) is 2.51. The van der Waals surface area contributed by atoms with Crippen LogP contribution in [-0.2, 0) is 9.59 Å². The van der Waals surface area contributed by atoms with Gasteiger partial charge in [-0.2, -0.15) is 0 Å². The van der Waals surface area contributed by atoms with Crippen LogP contribution in [0.2, 0.25) is 0 Å². The summed E-state index contributed by atoms with van der Waals surface area (Å²) in [4.78, 5) is 33.2. The van der Waals surface area contributed by atoms with E-state index in [4.69, 9.17) is 9.47 Å². The lowest BCUT2D eigenvalue weighted by atomic mass is 10.0. The van der Waals surface area contributed by atoms with Gasteiger partial charge in [0.15, 0.2) is 0 Å². The number of nitrogens with zero attached hydrogens (tertiary/aromatic N) is 3. The zero-order valence-electron chi connectivity index (χ0n) is 16.5. The molecule has 0 radical (unpaired) electrons. The highest BCUT2D eigenvalue weighted by Crippen LogP contribution is 2.29. The fraction of sp³-hybridized carbons (Fsp3) is 0.409. The lowest BCUT2D eigenvalue weighted by Crippen LogP contribution is -2.45. The summed E-state index contributed by atoms with van der Waals surface area (Å²) in [5, 5.41) is 0. The maximum atomic E-state index is 13.0. The number of rotatable bonds is 5. The van der Waals surface area contributed by atoms with E-state index in [2.05, 4.69) is 4.98 Å². The zero-order valence-corrected chi connectivity index (χ0v) is 16.5. The Hall–Kier alpha value is -3.09. The second-order valence-corrected chi connectivity index (χ2v) is 7.41. The fourth-order valence-electron chi connectivity index (χ4n) is 3.92. The summed E-state index contributed by atoms with van der Waals surface area (Å²) in [6, 6.07) is 12.9. The van der Waals surface area contributed by atoms with Crippen molar-refractivity contribution in [1.82, 2.24) is 9.88 Å². The van der Waals surface area contributed by atoms with Crippen LogP contribution in [-0.4, -0.2) is 54.5 Å². The second-order valence-electron chi connectivity index (χ2n) is 7.41. The molecule has 2 amide bonds. The number of hydrogen-bond donors (Lipinski definition) is 0. The minimum Gasteiger partial charge on any atom is -0.497 e. The Balaban J connectivity index is 1.31. The molecule has 1 aromatic carbocycles. The van der Waals surface area contributed by atoms with E-state index in [9.17, 15) is 9.59 Å². The third-order valence-corrected chi connectivity index (χ3v) is 5.54. The van der Waals surface area contributed by atoms with Crippen LogP contribution in [0.1, 0.15) is 19.3 Å². The van der Waals surface area contributed by atoms with Gasteiger partial charge in [-0.25, -0.2) is 4.98 Å². The second kappa shape index (κ2) is 8.51. The summed E-state index contributed by atoms with van der Waals surface area (Å²) in [7, 11) is 1.61. The van der Waals surface area contributed by atoms with E-state index < -0.39 is 0 Å². The first kappa shape index (κ1) is 19.2. The molecule has 0 saturated carbocycles. The van der Waals surface area contributed by atoms with Crippen LogP contribution in [0, 0.1) is 5.92 Å². The molecule has 3 heterocycles. The van der Waals surface area contributed by atoms with Gasteiger partial charge < -0.3 is 19.3 Å². The quantitative estimate of drug-likeness (QED) is 0.778. The third kappa shape index (κ3) is 4.34. The summed E-state index contributed by atoms with van der Waals surface area (Å²) in [5.74, 6) is 1.11. The number of benzene rings is 1. The molecule has 152 valence electrons. The molecule has 1 atom stereocenters. The van der Waals surface area contributed by atoms with E-state index in [0.29, 0.717) is 25.5 Å². The van der Waals surface area contributed by atoms with Crippen molar-refractivity contribution in [2.45, 2.75) is 25.4 Å². The molecule has 29 heavy (non-hydrogen) atoms. The minimum absolute atomic E-state index is 0.0121. The number of methoxy groups -OCH3 is 1. The first-order valence-electron chi connectivity index (χ1n) is 9.95. The largest absolute Gasteiger partial charge is 0.497 e. The molecule has 7 nitrogen and oxygen atoms in total. The molecule has 0 bridgehead atoms. The molecule has 0 N–H and O–H groups in total. The summed E-state index contributed by atoms with van der Waals surface area (Å²) >= 11 is 0. The first-order valence-corrected chi connectivity index (χ1v) is 9.95. The van der Waals surface area contributed by atoms with Gasteiger partial charge >= 0.3 is 0 Å². The van der Waals surface area contributed by atoms with Gasteiger partial charge in [-0.1, -0.05) is 6.07 Å². The normalized spacial score (nSPS) is 20.0. The summed E-state index contributed by atoms with van der Waals surface area (Å²) in [6.45, 7) is 1.71. The molecule has 2 aliphatic rings. The summed E-state index contributed by atoms with van der Waals surface area (Å²) < 4.78 is 11.1. The zero-order chi connectivity index (χ0) is 20.2. The van der Waals surface area contributed by atoms with Crippen LogP contribution >= 0.6 is 0 Å². The lowest BCUT2D eigenvalue weighted by Gasteiger charge is -2.33. The highest BCUT2D eigenvalue weighted by Gasteiger charge is 2.38. The summed E-state index contributed by atoms with van der Waals surface area (Å²) in [5.41, 5.74) is 0.800. The van der Waals surface area contributed by atoms with Gasteiger partial charge in [-0.05, 0) is 30.3 Å². The van der Waals surface area contributed by atoms with Crippen molar-refractivity contribution in [2.24, 2.45) is 5.92 Å². The Labute approximate surface area is 170 Å². The smallest absolute Gasteiger partial charge is 0.228 e. The van der Waals surface area contributed by atoms with Crippen molar-refractivity contribution < 1.29 is 19.1 Å². The van der Waals surface area contributed by atoms with E-state index in [0.717, 1.165) is 24.3 Å². The van der Waals surface area contributed by atoms with E-state index in [1.54, 1.807) is 18.2 Å². The first-order chi connectivity index (χ1) is 14.1. The maximum Gasteiger partial charge on any atom is 0.228 e. The molecule has 0 aliphatic carbocycles. The molecule has 7 heteroatoms. The molecule has 0 spiro atoms. The number of amides is 2. The van der Waals surface area contributed by atoms with Gasteiger partial charge in [-0.15, -0.1) is 0 Å². The molecule has 4 rings (SSSR count). The number of hydrogen-bond acceptors (Lipinski definition) is 5. The number of likely N-dealkylation sites (tertiary alicyclic amines) is 1. The van der Waals surface area contributed by atoms with Crippen molar-refractivity contribution in [3.63, 3.8) is 0 Å². The van der Waals surface area contributed by atoms with E-state index in [-0.39, 0.29) is 30.3 Å². The van der Waals surface area contributed by atoms with Crippen LogP contribution in [0.4, 0.5) is 5.69 Å². The van der Waals surface area contributed by atoms with Crippen molar-refractivity contribution >= 4 is 17.5 Å². The molecule has 1 aromatic heterocycles. The van der Waals surface area contributed by atoms with E-state index in [1.165, 1.54) is 0 Å². The molecule has 2 aromatic rings. The number of aromatic nitrogens is 1. The van der Waals surface area contributed by atoms with Gasteiger partial charge in [0.1, 0.15) is 11.9 Å². The van der Waals surface area contributed by atoms with Crippen molar-refractivity contribution in [2.75, 3.05) is 31.6 Å². The van der Waals surface area contributed by atoms with Crippen LogP contribution in [0.15, 0.2) is 48.7 Å². The third-order valence-electron chi connectivity index (χ3n) is 5.54. The lowest BCUT2D eigenvalue weighted by molar-refractivity contribution is -0.137. The van der Waals surface area contributed by atoms with Crippen molar-refractivity contribution in [3.05, 3.63) is 48.7 Å². The molecule has 0 unspecified atom stereocenters. The molecule has 2 saturated heterocycles. The van der Waals surface area contributed by atoms with Gasteiger partial charge in [0.2, 0.25) is 17.7 Å². The number of piperidine rings is 1. The van der Waals surface area contributed by atoms with Gasteiger partial charge in [0.05, 0.1) is 13.0 Å². The molecular weight excluding hydrogens is 370 g/mol. The SMILES string of the molecule is COc1ccc(N2C[C@@H](C(=O)N3CCC(Oc4ccccn4)CC3)CC2=O)cc1. The van der Waals surface area contributed by atoms with Crippen LogP contribution in [0.25, 0.3) is 0 Å². The van der Waals surface area contributed by atoms with E-state index in [1.807, 2.05) is 47.4 Å². The van der Waals surface area contributed by atoms with Gasteiger partial charge in [0.25, 0.3) is 0 Å². The average Bonchev–Trinajstić information content (AvgIpc) is 3.16. The monoisotopic (exact) mass is 395 g/mol. The van der Waals surface area contributed by atoms with Crippen LogP contribution in [0.5, 0.6) is 11.6 Å². The Morgan fingerprint density at radius 2 is 1.86 bits per heavy atom. The van der Waals surface area contributed by atoms with Crippen molar-refractivity contribution in [1.29, 1.82) is 0 Å². The number of pyridine rings is 1. The summed E-state index contributed by atoms with van der Waals surface area (Å²) in [6.07, 6.45) is 3.57. The number of carbonyl (C=O) groups is 2. The topological polar surface area (TPSA) is 72.0 Å². The molecule has 2 fully saturated rings. The van der Waals surface area contributed by atoms with Crippen LogP contribution in [0.3, 0.4) is 0 Å². The van der Waals surface area contributed by atoms with E-state index >= 15 is 0 Å². The highest BCUT2D eigenvalue weighted by atomic mass is 16.5. The Morgan fingerprint density at radius 1 is 1.10 bits per heavy atom. The minimum atomic E-state index is -0.294. The highest BCUT2D eigenvalue weighted by molar-refractivity contribution is 6.00. The fourth-order valence-corrected chi connectivity index (χ4v) is 3.92. The number of anilines is 1.